The molecule has 134 valence electrons. The fourth-order valence-electron chi connectivity index (χ4n) is 2.28. The van der Waals surface area contributed by atoms with Gasteiger partial charge < -0.3 is 15.4 Å². The minimum absolute atomic E-state index is 0.0220. The topological polar surface area (TPSA) is 45.7 Å². The molecule has 0 aromatic heterocycles. The Kier molecular flexibility index (Phi) is 7.13. The zero-order valence-electron chi connectivity index (χ0n) is 13.8. The molecule has 4 nitrogen and oxygen atoms in total. The predicted octanol–water partition coefficient (Wildman–Crippen LogP) is 3.33. The molecular weight excluding hydrogens is 331 g/mol. The molecule has 0 amide bonds. The van der Waals surface area contributed by atoms with Gasteiger partial charge in [0.05, 0.1) is 0 Å². The highest BCUT2D eigenvalue weighted by atomic mass is 19.3. The first kappa shape index (κ1) is 18.6. The molecule has 0 aliphatic rings. The van der Waals surface area contributed by atoms with E-state index in [9.17, 15) is 13.2 Å². The maximum absolute atomic E-state index is 13.9. The highest BCUT2D eigenvalue weighted by Crippen LogP contribution is 2.23. The minimum atomic E-state index is -3.01. The van der Waals surface area contributed by atoms with Crippen molar-refractivity contribution >= 4 is 5.96 Å². The third-order valence-corrected chi connectivity index (χ3v) is 3.50. The number of nitrogens with zero attached hydrogens (tertiary/aromatic N) is 1. The molecule has 0 saturated carbocycles. The monoisotopic (exact) mass is 351 g/mol. The van der Waals surface area contributed by atoms with Gasteiger partial charge in [-0.25, -0.2) is 4.39 Å². The number of rotatable bonds is 7. The second-order valence-corrected chi connectivity index (χ2v) is 5.18. The van der Waals surface area contributed by atoms with E-state index >= 15 is 0 Å². The van der Waals surface area contributed by atoms with Crippen LogP contribution < -0.4 is 15.4 Å². The Bertz CT molecular complexity index is 693. The van der Waals surface area contributed by atoms with Crippen LogP contribution in [0.4, 0.5) is 13.2 Å². The summed E-state index contributed by atoms with van der Waals surface area (Å²) in [7, 11) is 1.58. The van der Waals surface area contributed by atoms with Crippen LogP contribution in [0.1, 0.15) is 11.1 Å². The van der Waals surface area contributed by atoms with Crippen molar-refractivity contribution in [1.82, 2.24) is 10.6 Å². The SMILES string of the molecule is CN=C(NCCc1ccccc1)NCc1c(F)cccc1OC(F)F. The predicted molar refractivity (Wildman–Crippen MR) is 91.4 cm³/mol. The number of hydrogen-bond acceptors (Lipinski definition) is 2. The minimum Gasteiger partial charge on any atom is -0.434 e. The first-order chi connectivity index (χ1) is 12.1. The lowest BCUT2D eigenvalue weighted by molar-refractivity contribution is -0.0506. The summed E-state index contributed by atoms with van der Waals surface area (Å²) < 4.78 is 43.1. The number of aliphatic imine (C=N–C) groups is 1. The lowest BCUT2D eigenvalue weighted by Gasteiger charge is -2.15. The maximum atomic E-state index is 13.9. The Hall–Kier alpha value is -2.70. The van der Waals surface area contributed by atoms with Crippen molar-refractivity contribution in [1.29, 1.82) is 0 Å². The van der Waals surface area contributed by atoms with E-state index in [1.54, 1.807) is 7.05 Å². The zero-order chi connectivity index (χ0) is 18.1. The van der Waals surface area contributed by atoms with Gasteiger partial charge in [-0.3, -0.25) is 4.99 Å². The second kappa shape index (κ2) is 9.56. The van der Waals surface area contributed by atoms with Crippen molar-refractivity contribution < 1.29 is 17.9 Å². The van der Waals surface area contributed by atoms with Gasteiger partial charge in [-0.1, -0.05) is 36.4 Å². The number of ether oxygens (including phenoxy) is 1. The van der Waals surface area contributed by atoms with Crippen LogP contribution in [0.25, 0.3) is 0 Å². The summed E-state index contributed by atoms with van der Waals surface area (Å²) in [4.78, 5) is 4.04. The van der Waals surface area contributed by atoms with Crippen LogP contribution >= 0.6 is 0 Å². The molecule has 0 atom stereocenters. The van der Waals surface area contributed by atoms with Crippen molar-refractivity contribution in [3.05, 3.63) is 65.5 Å². The summed E-state index contributed by atoms with van der Waals surface area (Å²) in [5.74, 6) is -0.366. The molecule has 0 saturated heterocycles. The fraction of sp³-hybridized carbons (Fsp3) is 0.278. The summed E-state index contributed by atoms with van der Waals surface area (Å²) in [5, 5.41) is 6.00. The quantitative estimate of drug-likeness (QED) is 0.594. The summed E-state index contributed by atoms with van der Waals surface area (Å²) in [6.07, 6.45) is 0.793. The number of benzene rings is 2. The fourth-order valence-corrected chi connectivity index (χ4v) is 2.28. The van der Waals surface area contributed by atoms with E-state index in [0.717, 1.165) is 6.42 Å². The first-order valence-electron chi connectivity index (χ1n) is 7.80. The highest BCUT2D eigenvalue weighted by Gasteiger charge is 2.14. The van der Waals surface area contributed by atoms with E-state index in [2.05, 4.69) is 20.4 Å². The molecule has 0 radical (unpaired) electrons. The molecule has 25 heavy (non-hydrogen) atoms. The molecule has 0 fully saturated rings. The van der Waals surface area contributed by atoms with Crippen LogP contribution in [0.5, 0.6) is 5.75 Å². The molecule has 0 unspecified atom stereocenters. The largest absolute Gasteiger partial charge is 0.434 e. The smallest absolute Gasteiger partial charge is 0.387 e. The van der Waals surface area contributed by atoms with Gasteiger partial charge in [0.1, 0.15) is 11.6 Å². The average Bonchev–Trinajstić information content (AvgIpc) is 2.60. The van der Waals surface area contributed by atoms with E-state index < -0.39 is 12.4 Å². The summed E-state index contributed by atoms with van der Waals surface area (Å²) in [5.41, 5.74) is 1.20. The average molecular weight is 351 g/mol. The van der Waals surface area contributed by atoms with E-state index in [0.29, 0.717) is 12.5 Å². The number of guanidine groups is 1. The normalized spacial score (nSPS) is 11.5. The molecule has 7 heteroatoms. The number of halogens is 3. The van der Waals surface area contributed by atoms with E-state index in [4.69, 9.17) is 0 Å². The van der Waals surface area contributed by atoms with E-state index in [1.165, 1.54) is 23.8 Å². The van der Waals surface area contributed by atoms with Crippen LogP contribution in [-0.4, -0.2) is 26.2 Å². The molecule has 2 N–H and O–H groups in total. The van der Waals surface area contributed by atoms with Crippen molar-refractivity contribution in [2.75, 3.05) is 13.6 Å². The van der Waals surface area contributed by atoms with E-state index in [1.807, 2.05) is 30.3 Å². The molecule has 0 aliphatic carbocycles. The number of alkyl halides is 2. The highest BCUT2D eigenvalue weighted by molar-refractivity contribution is 5.79. The number of hydrogen-bond donors (Lipinski definition) is 2. The van der Waals surface area contributed by atoms with Crippen molar-refractivity contribution in [3.63, 3.8) is 0 Å². The van der Waals surface area contributed by atoms with Crippen LogP contribution in [0, 0.1) is 5.82 Å². The molecule has 0 aliphatic heterocycles. The van der Waals surface area contributed by atoms with Gasteiger partial charge in [0, 0.05) is 25.7 Å². The maximum Gasteiger partial charge on any atom is 0.387 e. The lowest BCUT2D eigenvalue weighted by atomic mass is 10.1. The van der Waals surface area contributed by atoms with Crippen LogP contribution in [-0.2, 0) is 13.0 Å². The summed E-state index contributed by atoms with van der Waals surface area (Å²) in [6.45, 7) is -2.41. The van der Waals surface area contributed by atoms with Crippen LogP contribution in [0.15, 0.2) is 53.5 Å². The van der Waals surface area contributed by atoms with Gasteiger partial charge in [0.25, 0.3) is 0 Å². The Morgan fingerprint density at radius 2 is 1.84 bits per heavy atom. The van der Waals surface area contributed by atoms with Gasteiger partial charge in [-0.2, -0.15) is 8.78 Å². The summed E-state index contributed by atoms with van der Waals surface area (Å²) in [6, 6.07) is 13.7. The molecule has 2 aromatic carbocycles. The molecular formula is C18H20F3N3O. The van der Waals surface area contributed by atoms with Crippen LogP contribution in [0.2, 0.25) is 0 Å². The van der Waals surface area contributed by atoms with Crippen molar-refractivity contribution in [2.45, 2.75) is 19.6 Å². The van der Waals surface area contributed by atoms with Gasteiger partial charge in [-0.15, -0.1) is 0 Å². The van der Waals surface area contributed by atoms with Crippen LogP contribution in [0.3, 0.4) is 0 Å². The molecule has 0 heterocycles. The Balaban J connectivity index is 1.90. The Labute approximate surface area is 144 Å². The third-order valence-electron chi connectivity index (χ3n) is 3.50. The van der Waals surface area contributed by atoms with E-state index in [-0.39, 0.29) is 17.9 Å². The summed E-state index contributed by atoms with van der Waals surface area (Å²) >= 11 is 0. The zero-order valence-corrected chi connectivity index (χ0v) is 13.8. The Morgan fingerprint density at radius 1 is 1.08 bits per heavy atom. The van der Waals surface area contributed by atoms with Gasteiger partial charge in [-0.05, 0) is 24.1 Å². The van der Waals surface area contributed by atoms with Gasteiger partial charge >= 0.3 is 6.61 Å². The molecule has 0 bridgehead atoms. The Morgan fingerprint density at radius 3 is 2.52 bits per heavy atom. The first-order valence-corrected chi connectivity index (χ1v) is 7.80. The molecule has 0 spiro atoms. The molecule has 2 aromatic rings. The van der Waals surface area contributed by atoms with Crippen molar-refractivity contribution in [3.8, 4) is 5.75 Å². The number of nitrogens with one attached hydrogen (secondary N) is 2. The van der Waals surface area contributed by atoms with Gasteiger partial charge in [0.15, 0.2) is 5.96 Å². The molecule has 2 rings (SSSR count). The third kappa shape index (κ3) is 6.02. The second-order valence-electron chi connectivity index (χ2n) is 5.18. The van der Waals surface area contributed by atoms with Gasteiger partial charge in [0.2, 0.25) is 0 Å². The standard InChI is InChI=1S/C18H20F3N3O/c1-22-18(23-11-10-13-6-3-2-4-7-13)24-12-14-15(19)8-5-9-16(14)25-17(20)21/h2-9,17H,10-12H2,1H3,(H2,22,23,24). The van der Waals surface area contributed by atoms with Crippen molar-refractivity contribution in [2.24, 2.45) is 4.99 Å². The lowest BCUT2D eigenvalue weighted by Crippen LogP contribution is -2.38.